The van der Waals surface area contributed by atoms with Gasteiger partial charge in [-0.25, -0.2) is 14.1 Å². The Hall–Kier alpha value is -4.56. The lowest BCUT2D eigenvalue weighted by Gasteiger charge is -2.30. The molecule has 11 nitrogen and oxygen atoms in total. The molecular weight excluding hydrogens is 643 g/mol. The van der Waals surface area contributed by atoms with E-state index in [0.29, 0.717) is 47.7 Å². The van der Waals surface area contributed by atoms with Crippen LogP contribution in [-0.2, 0) is 21.6 Å². The highest BCUT2D eigenvalue weighted by molar-refractivity contribution is 6.35. The first-order chi connectivity index (χ1) is 22.2. The van der Waals surface area contributed by atoms with Gasteiger partial charge in [-0.05, 0) is 62.1 Å². The smallest absolute Gasteiger partial charge is 0.489 e. The van der Waals surface area contributed by atoms with E-state index in [-0.39, 0.29) is 58.3 Å². The van der Waals surface area contributed by atoms with Crippen LogP contribution >= 0.6 is 11.6 Å². The number of amides is 2. The number of benzene rings is 2. The Morgan fingerprint density at radius 3 is 2.60 bits per heavy atom. The zero-order valence-electron chi connectivity index (χ0n) is 24.8. The van der Waals surface area contributed by atoms with E-state index in [2.05, 4.69) is 19.9 Å². The number of hydrogen-bond donors (Lipinski definition) is 3. The molecule has 4 N–H and O–H groups in total. The number of hydrogen-bond acceptors (Lipinski definition) is 8. The number of nitrogens with zero attached hydrogens (tertiary/aromatic N) is 3. The molecule has 2 aromatic heterocycles. The summed E-state index contributed by atoms with van der Waals surface area (Å²) >= 11 is 6.42. The van der Waals surface area contributed by atoms with Gasteiger partial charge in [-0.15, -0.1) is 8.78 Å². The fraction of sp³-hybridized carbons (Fsp3) is 0.375. The van der Waals surface area contributed by atoms with Crippen LogP contribution in [-0.4, -0.2) is 51.1 Å². The minimum Gasteiger partial charge on any atom is -0.489 e. The summed E-state index contributed by atoms with van der Waals surface area (Å²) in [6, 6.07) is 8.60. The molecule has 244 valence electrons. The van der Waals surface area contributed by atoms with Crippen molar-refractivity contribution in [3.63, 3.8) is 0 Å². The van der Waals surface area contributed by atoms with Crippen LogP contribution in [0.2, 0.25) is 5.02 Å². The van der Waals surface area contributed by atoms with Crippen LogP contribution in [0, 0.1) is 5.92 Å². The summed E-state index contributed by atoms with van der Waals surface area (Å²) in [5, 5.41) is 19.9. The van der Waals surface area contributed by atoms with E-state index in [0.717, 1.165) is 0 Å². The van der Waals surface area contributed by atoms with Gasteiger partial charge in [0, 0.05) is 41.1 Å². The van der Waals surface area contributed by atoms with Crippen molar-refractivity contribution in [3.05, 3.63) is 64.4 Å². The van der Waals surface area contributed by atoms with Gasteiger partial charge >= 0.3 is 6.29 Å². The predicted octanol–water partition coefficient (Wildman–Crippen LogP) is 4.65. The van der Waals surface area contributed by atoms with Gasteiger partial charge in [0.25, 0.3) is 5.91 Å². The average molecular weight is 670 g/mol. The number of aliphatic hydroxyl groups is 1. The number of alkyl halides is 3. The number of primary amides is 1. The number of halogens is 4. The molecule has 0 radical (unpaired) electrons. The summed E-state index contributed by atoms with van der Waals surface area (Å²) in [5.41, 5.74) is 4.27. The number of carbonyl (C=O) groups excluding carboxylic acids is 2. The first-order valence-electron chi connectivity index (χ1n) is 15.0. The highest BCUT2D eigenvalue weighted by Crippen LogP contribution is 2.51. The third-order valence-electron chi connectivity index (χ3n) is 9.40. The fourth-order valence-corrected chi connectivity index (χ4v) is 6.45. The fourth-order valence-electron chi connectivity index (χ4n) is 6.18. The number of pyridine rings is 1. The van der Waals surface area contributed by atoms with E-state index in [9.17, 15) is 27.9 Å². The van der Waals surface area contributed by atoms with Gasteiger partial charge in [-0.1, -0.05) is 11.6 Å². The van der Waals surface area contributed by atoms with Crippen molar-refractivity contribution in [1.82, 2.24) is 20.1 Å². The van der Waals surface area contributed by atoms with Crippen molar-refractivity contribution in [2.45, 2.75) is 55.7 Å². The molecule has 0 saturated heterocycles. The molecular formula is C32H27ClF3N5O6. The van der Waals surface area contributed by atoms with Crippen LogP contribution in [0.3, 0.4) is 0 Å². The normalized spacial score (nSPS) is 22.8. The molecule has 2 aliphatic carbocycles. The van der Waals surface area contributed by atoms with E-state index < -0.39 is 34.9 Å². The molecule has 8 rings (SSSR count). The molecule has 2 fully saturated rings. The van der Waals surface area contributed by atoms with Gasteiger partial charge in [-0.2, -0.15) is 5.10 Å². The monoisotopic (exact) mass is 669 g/mol. The Morgan fingerprint density at radius 1 is 1.15 bits per heavy atom. The Morgan fingerprint density at radius 2 is 1.89 bits per heavy atom. The number of ether oxygens (including phenoxy) is 3. The molecule has 2 saturated carbocycles. The standard InChI is InChI=1S/C32H27ClF3N5O6/c1-29(28(37)43)14-45-26-19(29)11-23(39-25(26)15-2-5-21-22(10-15)47-32(35,36)46-21)31(44,18-3-4-18)13-38-27(42)16-8-17-12-41(30(34)6-7-30)40-24(17)20(33)9-16/h2,5,8-12,18,44H,3-4,6-7,13-14H2,1H3,(H2,37,43)(H,38,42)/t29-,31+/m0/s1. The van der Waals surface area contributed by atoms with Crippen molar-refractivity contribution in [2.75, 3.05) is 13.2 Å². The lowest BCUT2D eigenvalue weighted by atomic mass is 9.81. The van der Waals surface area contributed by atoms with Gasteiger partial charge in [0.15, 0.2) is 11.5 Å². The maximum absolute atomic E-state index is 14.6. The molecule has 0 spiro atoms. The molecule has 2 aliphatic heterocycles. The zero-order valence-corrected chi connectivity index (χ0v) is 25.5. The van der Waals surface area contributed by atoms with Crippen molar-refractivity contribution in [3.8, 4) is 28.5 Å². The number of fused-ring (bicyclic) bond motifs is 3. The number of carbonyl (C=O) groups is 2. The molecule has 4 heterocycles. The molecule has 15 heteroatoms. The van der Waals surface area contributed by atoms with Crippen LogP contribution in [0.15, 0.2) is 42.6 Å². The topological polar surface area (TPSA) is 151 Å². The highest BCUT2D eigenvalue weighted by Gasteiger charge is 2.51. The second kappa shape index (κ2) is 9.73. The van der Waals surface area contributed by atoms with E-state index in [1.807, 2.05) is 0 Å². The summed E-state index contributed by atoms with van der Waals surface area (Å²) < 4.78 is 58.5. The summed E-state index contributed by atoms with van der Waals surface area (Å²) in [7, 11) is 0. The van der Waals surface area contributed by atoms with E-state index in [1.165, 1.54) is 35.1 Å². The summed E-state index contributed by atoms with van der Waals surface area (Å²) in [5.74, 6) is -3.28. The molecule has 47 heavy (non-hydrogen) atoms. The second-order valence-electron chi connectivity index (χ2n) is 12.8. The lowest BCUT2D eigenvalue weighted by Crippen LogP contribution is -2.44. The average Bonchev–Trinajstić information content (AvgIpc) is 3.91. The Kier molecular flexibility index (Phi) is 6.18. The third kappa shape index (κ3) is 4.75. The van der Waals surface area contributed by atoms with Crippen molar-refractivity contribution >= 4 is 34.3 Å². The molecule has 2 atom stereocenters. The Labute approximate surface area is 269 Å². The zero-order chi connectivity index (χ0) is 33.1. The Balaban J connectivity index is 1.16. The molecule has 2 aromatic carbocycles. The number of nitrogens with one attached hydrogen (secondary N) is 1. The van der Waals surface area contributed by atoms with E-state index >= 15 is 0 Å². The minimum absolute atomic E-state index is 0.111. The molecule has 0 bridgehead atoms. The van der Waals surface area contributed by atoms with Gasteiger partial charge in [0.1, 0.15) is 34.6 Å². The first kappa shape index (κ1) is 29.8. The summed E-state index contributed by atoms with van der Waals surface area (Å²) in [6.45, 7) is 1.22. The van der Waals surface area contributed by atoms with Crippen LogP contribution in [0.5, 0.6) is 17.2 Å². The predicted molar refractivity (Wildman–Crippen MR) is 160 cm³/mol. The third-order valence-corrected chi connectivity index (χ3v) is 9.69. The highest BCUT2D eigenvalue weighted by atomic mass is 35.5. The molecule has 2 amide bonds. The molecule has 4 aromatic rings. The molecule has 4 aliphatic rings. The van der Waals surface area contributed by atoms with Crippen LogP contribution < -0.4 is 25.3 Å². The maximum Gasteiger partial charge on any atom is 0.586 e. The van der Waals surface area contributed by atoms with Crippen LogP contribution in [0.1, 0.15) is 54.2 Å². The van der Waals surface area contributed by atoms with Crippen molar-refractivity contribution < 1.29 is 42.1 Å². The largest absolute Gasteiger partial charge is 0.586 e. The quantitative estimate of drug-likeness (QED) is 0.245. The van der Waals surface area contributed by atoms with Gasteiger partial charge in [0.2, 0.25) is 11.7 Å². The van der Waals surface area contributed by atoms with E-state index in [4.69, 9.17) is 27.1 Å². The Bertz CT molecular complexity index is 2030. The van der Waals surface area contributed by atoms with E-state index in [1.54, 1.807) is 19.1 Å². The van der Waals surface area contributed by atoms with Crippen molar-refractivity contribution in [2.24, 2.45) is 11.7 Å². The maximum atomic E-state index is 14.6. The summed E-state index contributed by atoms with van der Waals surface area (Å²) in [6.07, 6.45) is -0.378. The van der Waals surface area contributed by atoms with Crippen molar-refractivity contribution in [1.29, 1.82) is 0 Å². The van der Waals surface area contributed by atoms with Gasteiger partial charge < -0.3 is 30.4 Å². The van der Waals surface area contributed by atoms with Gasteiger partial charge in [0.05, 0.1) is 17.3 Å². The lowest BCUT2D eigenvalue weighted by molar-refractivity contribution is -0.286. The SMILES string of the molecule is C[C@]1(C(N)=O)COc2c1cc([C@@](O)(CNC(=O)c1cc(Cl)c3nn(C4(F)CC4)cc3c1)C1CC1)nc2-c1ccc2c(c1)OC(F)(F)O2. The van der Waals surface area contributed by atoms with Crippen LogP contribution in [0.4, 0.5) is 13.2 Å². The number of nitrogens with two attached hydrogens (primary N) is 1. The molecule has 0 unspecified atom stereocenters. The summed E-state index contributed by atoms with van der Waals surface area (Å²) in [4.78, 5) is 30.8. The first-order valence-corrected chi connectivity index (χ1v) is 15.3. The second-order valence-corrected chi connectivity index (χ2v) is 13.2. The minimum atomic E-state index is -3.84. The number of aromatic nitrogens is 3. The van der Waals surface area contributed by atoms with Crippen LogP contribution in [0.25, 0.3) is 22.2 Å². The van der Waals surface area contributed by atoms with Gasteiger partial charge in [-0.3, -0.25) is 9.59 Å². The number of rotatable bonds is 8.